The van der Waals surface area contributed by atoms with E-state index < -0.39 is 10.0 Å². The van der Waals surface area contributed by atoms with Crippen molar-refractivity contribution in [3.05, 3.63) is 65.2 Å². The molecule has 0 amide bonds. The lowest BCUT2D eigenvalue weighted by Crippen LogP contribution is -2.36. The van der Waals surface area contributed by atoms with Gasteiger partial charge in [-0.25, -0.2) is 8.42 Å². The molecule has 0 fully saturated rings. The predicted octanol–water partition coefficient (Wildman–Crippen LogP) is 2.84. The third kappa shape index (κ3) is 2.83. The lowest BCUT2D eigenvalue weighted by molar-refractivity contribution is 0.586. The molecule has 0 unspecified atom stereocenters. The quantitative estimate of drug-likeness (QED) is 0.875. The van der Waals surface area contributed by atoms with Crippen LogP contribution >= 0.6 is 0 Å². The Labute approximate surface area is 130 Å². The maximum absolute atomic E-state index is 12.7. The summed E-state index contributed by atoms with van der Waals surface area (Å²) >= 11 is 0. The number of hydrogen-bond donors (Lipinski definition) is 0. The van der Waals surface area contributed by atoms with Gasteiger partial charge in [-0.3, -0.25) is 4.31 Å². The van der Waals surface area contributed by atoms with Crippen molar-refractivity contribution in [2.45, 2.75) is 18.6 Å². The molecule has 0 spiro atoms. The second-order valence-corrected chi connectivity index (χ2v) is 7.26. The Kier molecular flexibility index (Phi) is 3.86. The predicted molar refractivity (Wildman–Crippen MR) is 85.9 cm³/mol. The topological polar surface area (TPSA) is 61.2 Å². The second kappa shape index (κ2) is 5.82. The molecule has 0 aromatic heterocycles. The summed E-state index contributed by atoms with van der Waals surface area (Å²) in [7, 11) is -3.42. The number of rotatable bonds is 3. The molecule has 0 saturated heterocycles. The number of para-hydroxylation sites is 1. The van der Waals surface area contributed by atoms with E-state index in [2.05, 4.69) is 0 Å². The molecule has 112 valence electrons. The molecular formula is C17H16N2O2S. The molecule has 1 heterocycles. The van der Waals surface area contributed by atoms with Crippen LogP contribution in [0.25, 0.3) is 0 Å². The highest BCUT2D eigenvalue weighted by Crippen LogP contribution is 2.30. The number of fused-ring (bicyclic) bond motifs is 1. The van der Waals surface area contributed by atoms with Gasteiger partial charge in [0, 0.05) is 6.54 Å². The SMILES string of the molecule is N#Cc1ccc(CS(=O)(=O)N2CCCc3ccccc32)cc1. The molecule has 2 aromatic carbocycles. The van der Waals surface area contributed by atoms with E-state index >= 15 is 0 Å². The Bertz CT molecular complexity index is 820. The van der Waals surface area contributed by atoms with E-state index in [0.717, 1.165) is 24.1 Å². The lowest BCUT2D eigenvalue weighted by atomic mass is 10.0. The summed E-state index contributed by atoms with van der Waals surface area (Å²) in [5.41, 5.74) is 3.10. The van der Waals surface area contributed by atoms with Crippen molar-refractivity contribution < 1.29 is 8.42 Å². The molecule has 0 atom stereocenters. The van der Waals surface area contributed by atoms with Gasteiger partial charge in [0.1, 0.15) is 0 Å². The van der Waals surface area contributed by atoms with Gasteiger partial charge in [0.2, 0.25) is 10.0 Å². The summed E-state index contributed by atoms with van der Waals surface area (Å²) in [4.78, 5) is 0. The lowest BCUT2D eigenvalue weighted by Gasteiger charge is -2.30. The summed E-state index contributed by atoms with van der Waals surface area (Å²) in [5.74, 6) is -0.0486. The zero-order valence-corrected chi connectivity index (χ0v) is 12.9. The number of benzene rings is 2. The van der Waals surface area contributed by atoms with E-state index in [9.17, 15) is 8.42 Å². The smallest absolute Gasteiger partial charge is 0.239 e. The van der Waals surface area contributed by atoms with E-state index in [1.54, 1.807) is 24.3 Å². The molecule has 0 radical (unpaired) electrons. The van der Waals surface area contributed by atoms with Crippen LogP contribution in [-0.2, 0) is 22.2 Å². The van der Waals surface area contributed by atoms with Crippen LogP contribution in [0.5, 0.6) is 0 Å². The number of anilines is 1. The van der Waals surface area contributed by atoms with Crippen LogP contribution in [0.2, 0.25) is 0 Å². The van der Waals surface area contributed by atoms with Crippen LogP contribution in [-0.4, -0.2) is 15.0 Å². The van der Waals surface area contributed by atoms with Crippen molar-refractivity contribution in [2.24, 2.45) is 0 Å². The molecule has 1 aliphatic heterocycles. The molecule has 2 aromatic rings. The van der Waals surface area contributed by atoms with Crippen LogP contribution in [0.3, 0.4) is 0 Å². The van der Waals surface area contributed by atoms with Gasteiger partial charge in [-0.15, -0.1) is 0 Å². The van der Waals surface area contributed by atoms with Crippen molar-refractivity contribution in [3.63, 3.8) is 0 Å². The molecule has 0 N–H and O–H groups in total. The minimum atomic E-state index is -3.42. The normalized spacial score (nSPS) is 14.2. The van der Waals surface area contributed by atoms with E-state index in [1.165, 1.54) is 4.31 Å². The molecule has 0 bridgehead atoms. The first kappa shape index (κ1) is 14.6. The van der Waals surface area contributed by atoms with Crippen molar-refractivity contribution in [3.8, 4) is 6.07 Å². The van der Waals surface area contributed by atoms with Crippen molar-refractivity contribution >= 4 is 15.7 Å². The third-order valence-corrected chi connectivity index (χ3v) is 5.58. The number of nitrogens with zero attached hydrogens (tertiary/aromatic N) is 2. The molecule has 0 aliphatic carbocycles. The van der Waals surface area contributed by atoms with Gasteiger partial charge in [0.05, 0.1) is 23.1 Å². The Hall–Kier alpha value is -2.32. The number of nitriles is 1. The number of aryl methyl sites for hydroxylation is 1. The highest BCUT2D eigenvalue weighted by Gasteiger charge is 2.27. The molecule has 1 aliphatic rings. The highest BCUT2D eigenvalue weighted by atomic mass is 32.2. The van der Waals surface area contributed by atoms with Gasteiger partial charge in [-0.2, -0.15) is 5.26 Å². The highest BCUT2D eigenvalue weighted by molar-refractivity contribution is 7.92. The van der Waals surface area contributed by atoms with Crippen LogP contribution < -0.4 is 4.31 Å². The first-order chi connectivity index (χ1) is 10.6. The van der Waals surface area contributed by atoms with Crippen molar-refractivity contribution in [1.29, 1.82) is 5.26 Å². The molecular weight excluding hydrogens is 296 g/mol. The standard InChI is InChI=1S/C17H16N2O2S/c18-12-14-7-9-15(10-8-14)13-22(20,21)19-11-3-5-16-4-1-2-6-17(16)19/h1-2,4,6-10H,3,5,11,13H2. The van der Waals surface area contributed by atoms with E-state index in [1.807, 2.05) is 30.3 Å². The average Bonchev–Trinajstić information content (AvgIpc) is 2.54. The van der Waals surface area contributed by atoms with Crippen LogP contribution in [0.15, 0.2) is 48.5 Å². The first-order valence-corrected chi connectivity index (χ1v) is 8.78. The van der Waals surface area contributed by atoms with Gasteiger partial charge >= 0.3 is 0 Å². The Morgan fingerprint density at radius 2 is 1.82 bits per heavy atom. The zero-order valence-electron chi connectivity index (χ0n) is 12.1. The zero-order chi connectivity index (χ0) is 15.6. The fraction of sp³-hybridized carbons (Fsp3) is 0.235. The molecule has 5 heteroatoms. The second-order valence-electron chi connectivity index (χ2n) is 5.37. The van der Waals surface area contributed by atoms with Gasteiger partial charge in [-0.05, 0) is 42.2 Å². The van der Waals surface area contributed by atoms with E-state index in [-0.39, 0.29) is 5.75 Å². The maximum Gasteiger partial charge on any atom is 0.239 e. The van der Waals surface area contributed by atoms with Crippen LogP contribution in [0.4, 0.5) is 5.69 Å². The Morgan fingerprint density at radius 3 is 2.55 bits per heavy atom. The molecule has 0 saturated carbocycles. The number of hydrogen-bond acceptors (Lipinski definition) is 3. The molecule has 3 rings (SSSR count). The average molecular weight is 312 g/mol. The van der Waals surface area contributed by atoms with Crippen molar-refractivity contribution in [1.82, 2.24) is 0 Å². The fourth-order valence-electron chi connectivity index (χ4n) is 2.75. The summed E-state index contributed by atoms with van der Waals surface area (Å²) in [6, 6.07) is 16.4. The third-order valence-electron chi connectivity index (χ3n) is 3.84. The minimum Gasteiger partial charge on any atom is -0.270 e. The Balaban J connectivity index is 1.89. The summed E-state index contributed by atoms with van der Waals surface area (Å²) in [6.45, 7) is 0.523. The van der Waals surface area contributed by atoms with E-state index in [0.29, 0.717) is 17.7 Å². The fourth-order valence-corrected chi connectivity index (χ4v) is 4.41. The van der Waals surface area contributed by atoms with Gasteiger partial charge in [-0.1, -0.05) is 30.3 Å². The van der Waals surface area contributed by atoms with Crippen LogP contribution in [0.1, 0.15) is 23.1 Å². The molecule has 22 heavy (non-hydrogen) atoms. The summed E-state index contributed by atoms with van der Waals surface area (Å²) in [5, 5.41) is 8.80. The van der Waals surface area contributed by atoms with Crippen LogP contribution in [0, 0.1) is 11.3 Å². The van der Waals surface area contributed by atoms with E-state index in [4.69, 9.17) is 5.26 Å². The summed E-state index contributed by atoms with van der Waals surface area (Å²) in [6.07, 6.45) is 1.75. The van der Waals surface area contributed by atoms with Gasteiger partial charge < -0.3 is 0 Å². The monoisotopic (exact) mass is 312 g/mol. The largest absolute Gasteiger partial charge is 0.270 e. The number of sulfonamides is 1. The van der Waals surface area contributed by atoms with Gasteiger partial charge in [0.15, 0.2) is 0 Å². The Morgan fingerprint density at radius 1 is 1.09 bits per heavy atom. The first-order valence-electron chi connectivity index (χ1n) is 7.17. The minimum absolute atomic E-state index is 0.0486. The maximum atomic E-state index is 12.7. The summed E-state index contributed by atoms with van der Waals surface area (Å²) < 4.78 is 27.0. The van der Waals surface area contributed by atoms with Crippen molar-refractivity contribution in [2.75, 3.05) is 10.8 Å². The van der Waals surface area contributed by atoms with Gasteiger partial charge in [0.25, 0.3) is 0 Å². The molecule has 4 nitrogen and oxygen atoms in total.